The highest BCUT2D eigenvalue weighted by atomic mass is 35.5. The molecule has 0 aliphatic carbocycles. The van der Waals surface area contributed by atoms with Crippen LogP contribution in [0.3, 0.4) is 0 Å². The van der Waals surface area contributed by atoms with Crippen LogP contribution >= 0.6 is 11.6 Å². The van der Waals surface area contributed by atoms with Crippen molar-refractivity contribution in [2.24, 2.45) is 0 Å². The van der Waals surface area contributed by atoms with E-state index in [0.717, 1.165) is 6.07 Å². The van der Waals surface area contributed by atoms with E-state index in [1.165, 1.54) is 6.07 Å². The van der Waals surface area contributed by atoms with Gasteiger partial charge in [-0.3, -0.25) is 0 Å². The van der Waals surface area contributed by atoms with Crippen molar-refractivity contribution in [3.05, 3.63) is 46.2 Å². The van der Waals surface area contributed by atoms with Gasteiger partial charge in [-0.25, -0.2) is 4.98 Å². The molecular weight excluding hydrogens is 409 g/mol. The molecule has 1 N–H and O–H groups in total. The minimum atomic E-state index is -4.54. The molecule has 29 heavy (non-hydrogen) atoms. The highest BCUT2D eigenvalue weighted by Gasteiger charge is 2.35. The molecule has 3 aromatic rings. The number of rotatable bonds is 1. The van der Waals surface area contributed by atoms with E-state index in [-0.39, 0.29) is 36.7 Å². The minimum Gasteiger partial charge on any atom is -0.489 e. The van der Waals surface area contributed by atoms with E-state index in [4.69, 9.17) is 21.1 Å². The zero-order valence-corrected chi connectivity index (χ0v) is 16.1. The van der Waals surface area contributed by atoms with E-state index in [2.05, 4.69) is 20.3 Å². The fourth-order valence-corrected chi connectivity index (χ4v) is 3.37. The van der Waals surface area contributed by atoms with Crippen molar-refractivity contribution in [3.63, 3.8) is 0 Å². The standard InChI is InChI=1S/C19H16ClF3N4O2/c1-2-13-15-11(8-14(20)25-13)17-24-9-10-4-3-5-12(19(21,22)23)16(10)28-6-7-29-18(26-15)27-17/h3-5,8H,2,6-7,9H2,1H3,(H,24,26,27). The Morgan fingerprint density at radius 1 is 1.14 bits per heavy atom. The number of halogens is 4. The zero-order chi connectivity index (χ0) is 20.6. The molecule has 152 valence electrons. The Morgan fingerprint density at radius 2 is 1.93 bits per heavy atom. The Labute approximate surface area is 169 Å². The normalized spacial score (nSPS) is 14.2. The molecule has 10 heteroatoms. The lowest BCUT2D eigenvalue weighted by Crippen LogP contribution is -2.15. The third-order valence-electron chi connectivity index (χ3n) is 4.45. The Hall–Kier alpha value is -2.81. The van der Waals surface area contributed by atoms with Crippen LogP contribution in [0.1, 0.15) is 23.7 Å². The van der Waals surface area contributed by atoms with Gasteiger partial charge in [-0.1, -0.05) is 30.7 Å². The molecule has 1 aliphatic rings. The summed E-state index contributed by atoms with van der Waals surface area (Å²) in [6.45, 7) is 1.88. The summed E-state index contributed by atoms with van der Waals surface area (Å²) in [5, 5.41) is 3.97. The molecule has 0 spiro atoms. The lowest BCUT2D eigenvalue weighted by Gasteiger charge is -2.17. The predicted octanol–water partition coefficient (Wildman–Crippen LogP) is 4.64. The maximum Gasteiger partial charge on any atom is 0.419 e. The van der Waals surface area contributed by atoms with Crippen molar-refractivity contribution < 1.29 is 22.6 Å². The van der Waals surface area contributed by atoms with Crippen molar-refractivity contribution in [1.82, 2.24) is 15.0 Å². The molecule has 1 aliphatic heterocycles. The molecule has 0 atom stereocenters. The van der Waals surface area contributed by atoms with Gasteiger partial charge in [0.05, 0.1) is 11.3 Å². The number of alkyl halides is 3. The summed E-state index contributed by atoms with van der Waals surface area (Å²) in [5.41, 5.74) is 0.771. The number of para-hydroxylation sites is 1. The van der Waals surface area contributed by atoms with Gasteiger partial charge in [0.25, 0.3) is 0 Å². The van der Waals surface area contributed by atoms with E-state index in [9.17, 15) is 13.2 Å². The second kappa shape index (κ2) is 7.55. The van der Waals surface area contributed by atoms with Gasteiger partial charge in [-0.2, -0.15) is 23.1 Å². The first-order chi connectivity index (χ1) is 13.9. The Bertz CT molecular complexity index is 1080. The van der Waals surface area contributed by atoms with Crippen molar-refractivity contribution in [1.29, 1.82) is 0 Å². The number of pyridine rings is 1. The number of nitrogens with zero attached hydrogens (tertiary/aromatic N) is 3. The average Bonchev–Trinajstić information content (AvgIpc) is 2.71. The smallest absolute Gasteiger partial charge is 0.419 e. The van der Waals surface area contributed by atoms with Gasteiger partial charge >= 0.3 is 12.2 Å². The molecule has 0 radical (unpaired) electrons. The number of nitrogens with one attached hydrogen (secondary N) is 1. The maximum atomic E-state index is 13.4. The molecule has 6 nitrogen and oxygen atoms in total. The fraction of sp³-hybridized carbons (Fsp3) is 0.316. The van der Waals surface area contributed by atoms with Gasteiger partial charge in [0.2, 0.25) is 0 Å². The van der Waals surface area contributed by atoms with Crippen LogP contribution in [0, 0.1) is 0 Å². The van der Waals surface area contributed by atoms with Crippen molar-refractivity contribution >= 4 is 28.3 Å². The molecule has 0 fully saturated rings. The molecule has 4 rings (SSSR count). The van der Waals surface area contributed by atoms with Gasteiger partial charge in [0.1, 0.15) is 35.5 Å². The summed E-state index contributed by atoms with van der Waals surface area (Å²) in [7, 11) is 0. The third kappa shape index (κ3) is 3.87. The van der Waals surface area contributed by atoms with Crippen molar-refractivity contribution in [3.8, 4) is 11.8 Å². The van der Waals surface area contributed by atoms with Crippen molar-refractivity contribution in [2.75, 3.05) is 18.5 Å². The first kappa shape index (κ1) is 19.5. The fourth-order valence-electron chi connectivity index (χ4n) is 3.16. The number of fused-ring (bicyclic) bond motifs is 5. The van der Waals surface area contributed by atoms with Crippen LogP contribution in [-0.2, 0) is 19.1 Å². The van der Waals surface area contributed by atoms with Crippen LogP contribution < -0.4 is 14.8 Å². The van der Waals surface area contributed by atoms with Crippen LogP contribution in [0.15, 0.2) is 24.3 Å². The molecule has 0 amide bonds. The van der Waals surface area contributed by atoms with Crippen LogP contribution in [0.25, 0.3) is 10.9 Å². The summed E-state index contributed by atoms with van der Waals surface area (Å²) in [6, 6.07) is 5.62. The average molecular weight is 425 g/mol. The summed E-state index contributed by atoms with van der Waals surface area (Å²) in [6.07, 6.45) is -3.94. The minimum absolute atomic E-state index is 0.0148. The first-order valence-corrected chi connectivity index (χ1v) is 9.30. The first-order valence-electron chi connectivity index (χ1n) is 8.92. The van der Waals surface area contributed by atoms with E-state index in [1.807, 2.05) is 6.92 Å². The summed E-state index contributed by atoms with van der Waals surface area (Å²) in [5.74, 6) is 0.173. The van der Waals surface area contributed by atoms with Crippen LogP contribution in [0.4, 0.5) is 19.0 Å². The Kier molecular flexibility index (Phi) is 5.08. The third-order valence-corrected chi connectivity index (χ3v) is 4.64. The number of aromatic nitrogens is 3. The predicted molar refractivity (Wildman–Crippen MR) is 101 cm³/mol. The Balaban J connectivity index is 1.83. The zero-order valence-electron chi connectivity index (χ0n) is 15.3. The molecule has 2 bridgehead atoms. The summed E-state index contributed by atoms with van der Waals surface area (Å²) in [4.78, 5) is 13.0. The van der Waals surface area contributed by atoms with Crippen molar-refractivity contribution in [2.45, 2.75) is 26.1 Å². The van der Waals surface area contributed by atoms with E-state index >= 15 is 0 Å². The SMILES string of the molecule is CCc1nc(Cl)cc2c3nc(nc12)OCCOc1c(cccc1C(F)(F)F)CN3. The van der Waals surface area contributed by atoms with Gasteiger partial charge in [0, 0.05) is 17.5 Å². The highest BCUT2D eigenvalue weighted by molar-refractivity contribution is 6.30. The van der Waals surface area contributed by atoms with E-state index in [0.29, 0.717) is 34.4 Å². The number of aryl methyl sites for hydroxylation is 1. The summed E-state index contributed by atoms with van der Waals surface area (Å²) >= 11 is 6.13. The van der Waals surface area contributed by atoms with Gasteiger partial charge in [-0.05, 0) is 18.6 Å². The molecule has 0 saturated carbocycles. The van der Waals surface area contributed by atoms with Gasteiger partial charge < -0.3 is 14.8 Å². The Morgan fingerprint density at radius 3 is 2.69 bits per heavy atom. The lowest BCUT2D eigenvalue weighted by molar-refractivity contribution is -0.139. The number of benzene rings is 1. The van der Waals surface area contributed by atoms with Gasteiger partial charge in [0.15, 0.2) is 0 Å². The molecule has 0 saturated heterocycles. The number of anilines is 1. The monoisotopic (exact) mass is 424 g/mol. The number of hydrogen-bond donors (Lipinski definition) is 1. The molecule has 2 aromatic heterocycles. The number of ether oxygens (including phenoxy) is 2. The quantitative estimate of drug-likeness (QED) is 0.574. The molecular formula is C19H16ClF3N4O2. The molecule has 3 heterocycles. The topological polar surface area (TPSA) is 69.2 Å². The maximum absolute atomic E-state index is 13.4. The highest BCUT2D eigenvalue weighted by Crippen LogP contribution is 2.39. The van der Waals surface area contributed by atoms with E-state index in [1.54, 1.807) is 12.1 Å². The molecule has 0 unspecified atom stereocenters. The van der Waals surface area contributed by atoms with Crippen LogP contribution in [0.2, 0.25) is 5.15 Å². The second-order valence-electron chi connectivity index (χ2n) is 6.34. The molecule has 1 aromatic carbocycles. The second-order valence-corrected chi connectivity index (χ2v) is 6.73. The lowest BCUT2D eigenvalue weighted by atomic mass is 10.1. The van der Waals surface area contributed by atoms with Crippen LogP contribution in [0.5, 0.6) is 11.8 Å². The van der Waals surface area contributed by atoms with E-state index < -0.39 is 11.7 Å². The van der Waals surface area contributed by atoms with Gasteiger partial charge in [-0.15, -0.1) is 0 Å². The van der Waals surface area contributed by atoms with Crippen LogP contribution in [-0.4, -0.2) is 28.2 Å². The summed E-state index contributed by atoms with van der Waals surface area (Å²) < 4.78 is 51.2. The number of hydrogen-bond acceptors (Lipinski definition) is 6. The largest absolute Gasteiger partial charge is 0.489 e.